The molecule has 1 aliphatic heterocycles. The maximum absolute atomic E-state index is 14.4. The average Bonchev–Trinajstić information content (AvgIpc) is 3.17. The van der Waals surface area contributed by atoms with Crippen LogP contribution in [-0.2, 0) is 19.5 Å². The van der Waals surface area contributed by atoms with Gasteiger partial charge in [-0.1, -0.05) is 30.3 Å². The molecule has 0 unspecified atom stereocenters. The molecule has 30 heavy (non-hydrogen) atoms. The molecule has 3 aromatic rings. The van der Waals surface area contributed by atoms with Crippen molar-refractivity contribution in [2.45, 2.75) is 19.5 Å². The molecule has 0 saturated heterocycles. The number of carbonyl (C=O) groups is 1. The predicted octanol–water partition coefficient (Wildman–Crippen LogP) is 4.10. The number of hydrogen-bond acceptors (Lipinski definition) is 4. The van der Waals surface area contributed by atoms with Gasteiger partial charge in [-0.15, -0.1) is 0 Å². The van der Waals surface area contributed by atoms with Gasteiger partial charge in [0.15, 0.2) is 0 Å². The van der Waals surface area contributed by atoms with Gasteiger partial charge >= 0.3 is 0 Å². The summed E-state index contributed by atoms with van der Waals surface area (Å²) in [5.41, 5.74) is 4.10. The fraction of sp³-hybridized carbons (Fsp3) is 0.250. The fourth-order valence-corrected chi connectivity index (χ4v) is 3.77. The topological polar surface area (TPSA) is 48.5 Å². The van der Waals surface area contributed by atoms with Crippen LogP contribution in [0.2, 0.25) is 0 Å². The molecule has 4 rings (SSSR count). The number of pyridine rings is 1. The lowest BCUT2D eigenvalue weighted by molar-refractivity contribution is 0.0990. The molecule has 0 bridgehead atoms. The van der Waals surface area contributed by atoms with Gasteiger partial charge < -0.3 is 15.1 Å². The summed E-state index contributed by atoms with van der Waals surface area (Å²) in [5.74, 6) is 0.196. The first-order valence-corrected chi connectivity index (χ1v) is 10.0. The van der Waals surface area contributed by atoms with Crippen LogP contribution in [0, 0.1) is 5.82 Å². The van der Waals surface area contributed by atoms with Gasteiger partial charge in [0.05, 0.1) is 5.56 Å². The minimum Gasteiger partial charge on any atom is -0.365 e. The Morgan fingerprint density at radius 3 is 2.80 bits per heavy atom. The van der Waals surface area contributed by atoms with Gasteiger partial charge in [0.1, 0.15) is 11.6 Å². The van der Waals surface area contributed by atoms with E-state index in [9.17, 15) is 9.18 Å². The Kier molecular flexibility index (Phi) is 5.77. The van der Waals surface area contributed by atoms with Gasteiger partial charge in [-0.05, 0) is 55.9 Å². The summed E-state index contributed by atoms with van der Waals surface area (Å²) in [6.07, 6.45) is 2.50. The van der Waals surface area contributed by atoms with Crippen molar-refractivity contribution in [2.24, 2.45) is 0 Å². The summed E-state index contributed by atoms with van der Waals surface area (Å²) in [6.45, 7) is 1.59. The van der Waals surface area contributed by atoms with E-state index in [2.05, 4.69) is 16.4 Å². The maximum Gasteiger partial charge on any atom is 0.262 e. The van der Waals surface area contributed by atoms with E-state index in [4.69, 9.17) is 0 Å². The lowest BCUT2D eigenvalue weighted by Gasteiger charge is -2.19. The molecule has 0 spiro atoms. The first kappa shape index (κ1) is 20.0. The van der Waals surface area contributed by atoms with Crippen LogP contribution in [0.4, 0.5) is 15.9 Å². The molecule has 1 aromatic heterocycles. The first-order chi connectivity index (χ1) is 14.5. The van der Waals surface area contributed by atoms with Crippen LogP contribution in [0.5, 0.6) is 0 Å². The number of fused-ring (bicyclic) bond motifs is 1. The molecule has 0 radical (unpaired) electrons. The molecule has 0 atom stereocenters. The summed E-state index contributed by atoms with van der Waals surface area (Å²) in [4.78, 5) is 21.3. The van der Waals surface area contributed by atoms with Gasteiger partial charge in [-0.25, -0.2) is 9.37 Å². The minimum atomic E-state index is -0.228. The highest BCUT2D eigenvalue weighted by molar-refractivity contribution is 6.10. The third kappa shape index (κ3) is 4.19. The highest BCUT2D eigenvalue weighted by Crippen LogP contribution is 2.30. The summed E-state index contributed by atoms with van der Waals surface area (Å²) < 4.78 is 14.4. The highest BCUT2D eigenvalue weighted by atomic mass is 19.1. The van der Waals surface area contributed by atoms with E-state index in [1.54, 1.807) is 29.3 Å². The monoisotopic (exact) mass is 404 g/mol. The molecule has 1 N–H and O–H groups in total. The molecule has 2 heterocycles. The number of amides is 1. The Balaban J connectivity index is 1.51. The molecule has 154 valence electrons. The standard InChI is InChI=1S/C24H25FN4O/c1-28(2)16-19-10-9-17(14-21(19)25)15-27-23-20(7-5-12-26-23)24(30)29-13-11-18-6-3-4-8-22(18)29/h3-10,12,14H,11,13,15-16H2,1-2H3,(H,26,27). The second-order valence-electron chi connectivity index (χ2n) is 7.75. The number of hydrogen-bond donors (Lipinski definition) is 1. The quantitative estimate of drug-likeness (QED) is 0.672. The molecule has 0 aliphatic carbocycles. The number of nitrogens with one attached hydrogen (secondary N) is 1. The number of nitrogens with zero attached hydrogens (tertiary/aromatic N) is 3. The maximum atomic E-state index is 14.4. The van der Waals surface area contributed by atoms with Gasteiger partial charge in [-0.2, -0.15) is 0 Å². The second-order valence-corrected chi connectivity index (χ2v) is 7.75. The smallest absolute Gasteiger partial charge is 0.262 e. The minimum absolute atomic E-state index is 0.0805. The summed E-state index contributed by atoms with van der Waals surface area (Å²) in [5, 5.41) is 3.21. The van der Waals surface area contributed by atoms with E-state index < -0.39 is 0 Å². The van der Waals surface area contributed by atoms with Crippen molar-refractivity contribution in [1.82, 2.24) is 9.88 Å². The number of halogens is 1. The average molecular weight is 404 g/mol. The van der Waals surface area contributed by atoms with Crippen LogP contribution >= 0.6 is 0 Å². The lowest BCUT2D eigenvalue weighted by Crippen LogP contribution is -2.29. The number of anilines is 2. The van der Waals surface area contributed by atoms with Crippen LogP contribution in [0.1, 0.15) is 27.0 Å². The summed E-state index contributed by atoms with van der Waals surface area (Å²) in [6, 6.07) is 16.7. The number of benzene rings is 2. The Labute approximate surface area is 176 Å². The van der Waals surface area contributed by atoms with E-state index in [-0.39, 0.29) is 11.7 Å². The lowest BCUT2D eigenvalue weighted by atomic mass is 10.1. The Hall–Kier alpha value is -3.25. The predicted molar refractivity (Wildman–Crippen MR) is 117 cm³/mol. The van der Waals surface area contributed by atoms with Crippen LogP contribution in [-0.4, -0.2) is 36.4 Å². The molecule has 1 amide bonds. The van der Waals surface area contributed by atoms with Gasteiger partial charge in [-0.3, -0.25) is 4.79 Å². The highest BCUT2D eigenvalue weighted by Gasteiger charge is 2.27. The van der Waals surface area contributed by atoms with Crippen molar-refractivity contribution in [1.29, 1.82) is 0 Å². The molecular weight excluding hydrogens is 379 g/mol. The number of aromatic nitrogens is 1. The Morgan fingerprint density at radius 1 is 1.17 bits per heavy atom. The van der Waals surface area contributed by atoms with Gasteiger partial charge in [0.2, 0.25) is 0 Å². The molecule has 1 aliphatic rings. The largest absolute Gasteiger partial charge is 0.365 e. The molecule has 2 aromatic carbocycles. The summed E-state index contributed by atoms with van der Waals surface area (Å²) in [7, 11) is 3.82. The van der Waals surface area contributed by atoms with Crippen LogP contribution in [0.3, 0.4) is 0 Å². The van der Waals surface area contributed by atoms with E-state index in [1.807, 2.05) is 43.3 Å². The van der Waals surface area contributed by atoms with E-state index in [0.717, 1.165) is 17.7 Å². The zero-order chi connectivity index (χ0) is 21.1. The zero-order valence-corrected chi connectivity index (χ0v) is 17.2. The second kappa shape index (κ2) is 8.63. The van der Waals surface area contributed by atoms with Crippen molar-refractivity contribution >= 4 is 17.4 Å². The number of carbonyl (C=O) groups excluding carboxylic acids is 1. The molecule has 0 saturated carbocycles. The van der Waals surface area contributed by atoms with Crippen LogP contribution in [0.25, 0.3) is 0 Å². The third-order valence-electron chi connectivity index (χ3n) is 5.23. The van der Waals surface area contributed by atoms with Gasteiger partial charge in [0.25, 0.3) is 5.91 Å². The van der Waals surface area contributed by atoms with Crippen molar-refractivity contribution in [3.05, 3.63) is 88.9 Å². The number of rotatable bonds is 6. The SMILES string of the molecule is CN(C)Cc1ccc(CNc2ncccc2C(=O)N2CCc3ccccc32)cc1F. The Morgan fingerprint density at radius 2 is 2.00 bits per heavy atom. The zero-order valence-electron chi connectivity index (χ0n) is 17.2. The van der Waals surface area contributed by atoms with E-state index in [0.29, 0.717) is 36.6 Å². The van der Waals surface area contributed by atoms with Crippen molar-refractivity contribution in [3.8, 4) is 0 Å². The molecule has 6 heteroatoms. The van der Waals surface area contributed by atoms with Crippen LogP contribution < -0.4 is 10.2 Å². The number of para-hydroxylation sites is 1. The first-order valence-electron chi connectivity index (χ1n) is 10.0. The fourth-order valence-electron chi connectivity index (χ4n) is 3.77. The normalized spacial score (nSPS) is 12.9. The van der Waals surface area contributed by atoms with E-state index in [1.165, 1.54) is 11.6 Å². The molecule has 0 fully saturated rings. The van der Waals surface area contributed by atoms with Crippen molar-refractivity contribution in [3.63, 3.8) is 0 Å². The Bertz CT molecular complexity index is 1070. The molecular formula is C24H25FN4O. The summed E-state index contributed by atoms with van der Waals surface area (Å²) >= 11 is 0. The van der Waals surface area contributed by atoms with E-state index >= 15 is 0 Å². The molecule has 5 nitrogen and oxygen atoms in total. The van der Waals surface area contributed by atoms with Crippen molar-refractivity contribution < 1.29 is 9.18 Å². The third-order valence-corrected chi connectivity index (χ3v) is 5.23. The van der Waals surface area contributed by atoms with Gasteiger partial charge in [0, 0.05) is 37.1 Å². The van der Waals surface area contributed by atoms with Crippen molar-refractivity contribution in [2.75, 3.05) is 30.9 Å². The van der Waals surface area contributed by atoms with Crippen LogP contribution in [0.15, 0.2) is 60.8 Å².